The molecule has 4 aromatic rings. The number of para-hydroxylation sites is 1. The summed E-state index contributed by atoms with van der Waals surface area (Å²) in [4.78, 5) is 18.0. The number of carbonyl (C=O) groups is 1. The molecule has 0 radical (unpaired) electrons. The second kappa shape index (κ2) is 9.65. The highest BCUT2D eigenvalue weighted by Gasteiger charge is 2.15. The highest BCUT2D eigenvalue weighted by molar-refractivity contribution is 6.07. The number of rotatable bonds is 7. The molecule has 4 nitrogen and oxygen atoms in total. The number of pyridine rings is 1. The number of aryl methyl sites for hydroxylation is 3. The summed E-state index contributed by atoms with van der Waals surface area (Å²) in [5.74, 6) is 0.587. The van der Waals surface area contributed by atoms with Gasteiger partial charge in [-0.1, -0.05) is 54.6 Å². The second-order valence-corrected chi connectivity index (χ2v) is 8.47. The summed E-state index contributed by atoms with van der Waals surface area (Å²) in [7, 11) is 0. The first-order chi connectivity index (χ1) is 15.5. The number of carbonyl (C=O) groups excluding carboxylic acids is 1. The summed E-state index contributed by atoms with van der Waals surface area (Å²) in [5.41, 5.74) is 6.03. The number of benzene rings is 3. The van der Waals surface area contributed by atoms with E-state index in [4.69, 9.17) is 4.98 Å². The van der Waals surface area contributed by atoms with Gasteiger partial charge in [-0.05, 0) is 74.6 Å². The van der Waals surface area contributed by atoms with Crippen LogP contribution >= 0.6 is 0 Å². The van der Waals surface area contributed by atoms with Gasteiger partial charge in [0.15, 0.2) is 0 Å². The fraction of sp³-hybridized carbons (Fsp3) is 0.214. The van der Waals surface area contributed by atoms with Gasteiger partial charge in [0, 0.05) is 17.1 Å². The number of nitrogens with zero attached hydrogens (tertiary/aromatic N) is 1. The van der Waals surface area contributed by atoms with Crippen molar-refractivity contribution in [3.63, 3.8) is 0 Å². The van der Waals surface area contributed by atoms with Gasteiger partial charge >= 0.3 is 0 Å². The predicted octanol–water partition coefficient (Wildman–Crippen LogP) is 6.35. The Morgan fingerprint density at radius 3 is 2.34 bits per heavy atom. The minimum Gasteiger partial charge on any atom is -0.350 e. The Bertz CT molecular complexity index is 1210. The lowest BCUT2D eigenvalue weighted by Crippen LogP contribution is -2.33. The number of fused-ring (bicyclic) bond motifs is 1. The van der Waals surface area contributed by atoms with E-state index in [1.165, 1.54) is 16.7 Å². The van der Waals surface area contributed by atoms with E-state index in [0.29, 0.717) is 11.4 Å². The second-order valence-electron chi connectivity index (χ2n) is 8.47. The Hall–Kier alpha value is -3.66. The molecule has 0 aliphatic heterocycles. The molecule has 0 aliphatic carbocycles. The first kappa shape index (κ1) is 21.6. The Morgan fingerprint density at radius 1 is 0.906 bits per heavy atom. The van der Waals surface area contributed by atoms with Crippen molar-refractivity contribution in [3.8, 4) is 0 Å². The first-order valence-corrected chi connectivity index (χ1v) is 11.1. The quantitative estimate of drug-likeness (QED) is 0.364. The number of hydrogen-bond donors (Lipinski definition) is 2. The fourth-order valence-electron chi connectivity index (χ4n) is 4.02. The van der Waals surface area contributed by atoms with Crippen LogP contribution in [0.5, 0.6) is 0 Å². The topological polar surface area (TPSA) is 54.0 Å². The van der Waals surface area contributed by atoms with Crippen LogP contribution in [0, 0.1) is 13.8 Å². The molecule has 0 spiro atoms. The fourth-order valence-corrected chi connectivity index (χ4v) is 4.02. The molecule has 0 saturated heterocycles. The molecule has 0 saturated carbocycles. The predicted molar refractivity (Wildman–Crippen MR) is 133 cm³/mol. The zero-order valence-corrected chi connectivity index (χ0v) is 18.9. The molecule has 1 amide bonds. The normalized spacial score (nSPS) is 11.8. The summed E-state index contributed by atoms with van der Waals surface area (Å²) >= 11 is 0. The maximum atomic E-state index is 13.2. The first-order valence-electron chi connectivity index (χ1n) is 11.1. The van der Waals surface area contributed by atoms with Crippen LogP contribution in [0.1, 0.15) is 40.4 Å². The minimum atomic E-state index is -0.0763. The van der Waals surface area contributed by atoms with Crippen molar-refractivity contribution in [3.05, 3.63) is 101 Å². The van der Waals surface area contributed by atoms with E-state index in [9.17, 15) is 4.79 Å². The summed E-state index contributed by atoms with van der Waals surface area (Å²) in [5, 5.41) is 7.41. The number of amides is 1. The molecular weight excluding hydrogens is 394 g/mol. The molecule has 1 aromatic heterocycles. The molecule has 0 aliphatic rings. The third-order valence-corrected chi connectivity index (χ3v) is 5.54. The Balaban J connectivity index is 1.55. The van der Waals surface area contributed by atoms with Gasteiger partial charge in [-0.3, -0.25) is 4.79 Å². The van der Waals surface area contributed by atoms with Gasteiger partial charge in [0.05, 0.1) is 11.1 Å². The van der Waals surface area contributed by atoms with Gasteiger partial charge in [0.1, 0.15) is 5.82 Å². The van der Waals surface area contributed by atoms with Crippen LogP contribution in [-0.2, 0) is 6.42 Å². The summed E-state index contributed by atoms with van der Waals surface area (Å²) in [6.07, 6.45) is 1.81. The smallest absolute Gasteiger partial charge is 0.252 e. The lowest BCUT2D eigenvalue weighted by molar-refractivity contribution is 0.0940. The van der Waals surface area contributed by atoms with Crippen molar-refractivity contribution in [2.45, 2.75) is 39.7 Å². The van der Waals surface area contributed by atoms with Crippen molar-refractivity contribution in [2.24, 2.45) is 0 Å². The standard InChI is InChI=1S/C28H29N3O/c1-19-15-20(2)17-23(16-19)30-27-18-25(24-11-7-8-12-26(24)31-27)28(32)29-21(3)13-14-22-9-5-4-6-10-22/h4-12,15-18,21H,13-14H2,1-3H3,(H,29,32)(H,30,31)/t21-/m0/s1. The van der Waals surface area contributed by atoms with Crippen LogP contribution in [0.15, 0.2) is 78.9 Å². The Kier molecular flexibility index (Phi) is 6.50. The molecular formula is C28H29N3O. The molecule has 4 rings (SSSR count). The molecule has 32 heavy (non-hydrogen) atoms. The van der Waals surface area contributed by atoms with E-state index in [0.717, 1.165) is 29.4 Å². The molecule has 3 aromatic carbocycles. The molecule has 2 N–H and O–H groups in total. The zero-order chi connectivity index (χ0) is 22.5. The van der Waals surface area contributed by atoms with Crippen molar-refractivity contribution in [2.75, 3.05) is 5.32 Å². The summed E-state index contributed by atoms with van der Waals surface area (Å²) < 4.78 is 0. The van der Waals surface area contributed by atoms with Crippen molar-refractivity contribution < 1.29 is 4.79 Å². The van der Waals surface area contributed by atoms with Crippen LogP contribution in [0.25, 0.3) is 10.9 Å². The number of hydrogen-bond acceptors (Lipinski definition) is 3. The van der Waals surface area contributed by atoms with Crippen molar-refractivity contribution >= 4 is 28.3 Å². The van der Waals surface area contributed by atoms with E-state index in [2.05, 4.69) is 61.7 Å². The van der Waals surface area contributed by atoms with E-state index < -0.39 is 0 Å². The Morgan fingerprint density at radius 2 is 1.59 bits per heavy atom. The maximum Gasteiger partial charge on any atom is 0.252 e. The highest BCUT2D eigenvalue weighted by atomic mass is 16.1. The molecule has 4 heteroatoms. The van der Waals surface area contributed by atoms with Gasteiger partial charge < -0.3 is 10.6 Å². The number of nitrogens with one attached hydrogen (secondary N) is 2. The van der Waals surface area contributed by atoms with Crippen molar-refractivity contribution in [1.82, 2.24) is 10.3 Å². The summed E-state index contributed by atoms with van der Waals surface area (Å²) in [6.45, 7) is 6.20. The van der Waals surface area contributed by atoms with Crippen LogP contribution in [0.2, 0.25) is 0 Å². The van der Waals surface area contributed by atoms with E-state index >= 15 is 0 Å². The molecule has 1 heterocycles. The zero-order valence-electron chi connectivity index (χ0n) is 18.9. The van der Waals surface area contributed by atoms with Gasteiger partial charge in [-0.2, -0.15) is 0 Å². The highest BCUT2D eigenvalue weighted by Crippen LogP contribution is 2.24. The monoisotopic (exact) mass is 423 g/mol. The number of aromatic nitrogens is 1. The SMILES string of the molecule is Cc1cc(C)cc(Nc2cc(C(=O)N[C@@H](C)CCc3ccccc3)c3ccccc3n2)c1. The van der Waals surface area contributed by atoms with Gasteiger partial charge in [0.2, 0.25) is 0 Å². The lowest BCUT2D eigenvalue weighted by Gasteiger charge is -2.16. The summed E-state index contributed by atoms with van der Waals surface area (Å²) in [6, 6.07) is 26.3. The van der Waals surface area contributed by atoms with E-state index in [1.54, 1.807) is 0 Å². The third kappa shape index (κ3) is 5.33. The van der Waals surface area contributed by atoms with Gasteiger partial charge in [-0.15, -0.1) is 0 Å². The van der Waals surface area contributed by atoms with E-state index in [-0.39, 0.29) is 11.9 Å². The lowest BCUT2D eigenvalue weighted by atomic mass is 10.0. The number of anilines is 2. The molecule has 162 valence electrons. The van der Waals surface area contributed by atoms with Gasteiger partial charge in [0.25, 0.3) is 5.91 Å². The molecule has 0 fully saturated rings. The van der Waals surface area contributed by atoms with Crippen molar-refractivity contribution in [1.29, 1.82) is 0 Å². The van der Waals surface area contributed by atoms with E-state index in [1.807, 2.05) is 48.5 Å². The van der Waals surface area contributed by atoms with Crippen LogP contribution in [0.3, 0.4) is 0 Å². The molecule has 1 atom stereocenters. The van der Waals surface area contributed by atoms with Crippen LogP contribution in [-0.4, -0.2) is 16.9 Å². The average Bonchev–Trinajstić information content (AvgIpc) is 2.77. The molecule has 0 unspecified atom stereocenters. The van der Waals surface area contributed by atoms with Crippen LogP contribution < -0.4 is 10.6 Å². The third-order valence-electron chi connectivity index (χ3n) is 5.54. The van der Waals surface area contributed by atoms with Gasteiger partial charge in [-0.25, -0.2) is 4.98 Å². The maximum absolute atomic E-state index is 13.2. The largest absolute Gasteiger partial charge is 0.350 e. The Labute approximate surface area is 189 Å². The molecule has 0 bridgehead atoms. The average molecular weight is 424 g/mol. The minimum absolute atomic E-state index is 0.0606. The van der Waals surface area contributed by atoms with Crippen LogP contribution in [0.4, 0.5) is 11.5 Å².